The molecule has 0 bridgehead atoms. The number of rotatable bonds is 6. The molecule has 20 heavy (non-hydrogen) atoms. The van der Waals surface area contributed by atoms with Gasteiger partial charge in [0.05, 0.1) is 11.1 Å². The number of amides is 1. The van der Waals surface area contributed by atoms with Crippen molar-refractivity contribution in [1.82, 2.24) is 14.7 Å². The van der Waals surface area contributed by atoms with Crippen molar-refractivity contribution in [3.63, 3.8) is 0 Å². The van der Waals surface area contributed by atoms with Gasteiger partial charge in [-0.3, -0.25) is 14.3 Å². The van der Waals surface area contributed by atoms with E-state index in [-0.39, 0.29) is 24.5 Å². The van der Waals surface area contributed by atoms with Crippen molar-refractivity contribution < 1.29 is 9.59 Å². The van der Waals surface area contributed by atoms with Crippen LogP contribution in [0.4, 0.5) is 0 Å². The number of hydrogen-bond acceptors (Lipinski definition) is 4. The van der Waals surface area contributed by atoms with E-state index in [1.165, 1.54) is 11.3 Å². The van der Waals surface area contributed by atoms with Crippen LogP contribution < -0.4 is 0 Å². The van der Waals surface area contributed by atoms with Crippen LogP contribution in [0.2, 0.25) is 0 Å². The second kappa shape index (κ2) is 6.47. The maximum atomic E-state index is 12.0. The summed E-state index contributed by atoms with van der Waals surface area (Å²) >= 11 is 1.41. The molecule has 0 aliphatic carbocycles. The molecule has 0 unspecified atom stereocenters. The summed E-state index contributed by atoms with van der Waals surface area (Å²) in [6, 6.07) is 3.63. The fourth-order valence-corrected chi connectivity index (χ4v) is 2.58. The monoisotopic (exact) mass is 291 g/mol. The van der Waals surface area contributed by atoms with Gasteiger partial charge in [-0.15, -0.1) is 11.3 Å². The van der Waals surface area contributed by atoms with Crippen molar-refractivity contribution in [2.45, 2.75) is 19.4 Å². The smallest absolute Gasteiger partial charge is 0.223 e. The topological polar surface area (TPSA) is 55.2 Å². The SMILES string of the molecule is CN(Cc1cnn(C)c1)C(=O)CCC(=O)c1cccs1. The summed E-state index contributed by atoms with van der Waals surface area (Å²) in [5.41, 5.74) is 0.980. The van der Waals surface area contributed by atoms with Crippen LogP contribution in [0.15, 0.2) is 29.9 Å². The van der Waals surface area contributed by atoms with Gasteiger partial charge in [0.15, 0.2) is 5.78 Å². The third-order valence-corrected chi connectivity index (χ3v) is 3.88. The van der Waals surface area contributed by atoms with E-state index < -0.39 is 0 Å². The Hall–Kier alpha value is -1.95. The molecule has 0 aromatic carbocycles. The number of nitrogens with zero attached hydrogens (tertiary/aromatic N) is 3. The minimum Gasteiger partial charge on any atom is -0.341 e. The van der Waals surface area contributed by atoms with Gasteiger partial charge < -0.3 is 4.90 Å². The Morgan fingerprint density at radius 3 is 2.80 bits per heavy atom. The molecule has 2 aromatic heterocycles. The summed E-state index contributed by atoms with van der Waals surface area (Å²) in [6.45, 7) is 0.514. The van der Waals surface area contributed by atoms with E-state index in [1.807, 2.05) is 24.7 Å². The van der Waals surface area contributed by atoms with Crippen LogP contribution in [0.25, 0.3) is 0 Å². The highest BCUT2D eigenvalue weighted by atomic mass is 32.1. The highest BCUT2D eigenvalue weighted by Crippen LogP contribution is 2.13. The zero-order valence-corrected chi connectivity index (χ0v) is 12.4. The van der Waals surface area contributed by atoms with Gasteiger partial charge in [-0.1, -0.05) is 6.07 Å². The molecular weight excluding hydrogens is 274 g/mol. The first-order valence-corrected chi connectivity index (χ1v) is 7.22. The van der Waals surface area contributed by atoms with Crippen LogP contribution in [0.5, 0.6) is 0 Å². The molecule has 2 rings (SSSR count). The van der Waals surface area contributed by atoms with Crippen LogP contribution in [0.3, 0.4) is 0 Å². The summed E-state index contributed by atoms with van der Waals surface area (Å²) in [7, 11) is 3.58. The number of hydrogen-bond donors (Lipinski definition) is 0. The number of Topliss-reactive ketones (excluding diaryl/α,β-unsaturated/α-hetero) is 1. The zero-order valence-electron chi connectivity index (χ0n) is 11.6. The van der Waals surface area contributed by atoms with Crippen molar-refractivity contribution in [2.75, 3.05) is 7.05 Å². The van der Waals surface area contributed by atoms with E-state index in [4.69, 9.17) is 0 Å². The fraction of sp³-hybridized carbons (Fsp3) is 0.357. The molecule has 2 aromatic rings. The highest BCUT2D eigenvalue weighted by Gasteiger charge is 2.14. The summed E-state index contributed by atoms with van der Waals surface area (Å²) in [5.74, 6) is 0.00175. The Kier molecular flexibility index (Phi) is 4.68. The van der Waals surface area contributed by atoms with E-state index in [2.05, 4.69) is 5.10 Å². The lowest BCUT2D eigenvalue weighted by molar-refractivity contribution is -0.130. The maximum Gasteiger partial charge on any atom is 0.223 e. The van der Waals surface area contributed by atoms with Gasteiger partial charge >= 0.3 is 0 Å². The van der Waals surface area contributed by atoms with Crippen LogP contribution >= 0.6 is 11.3 Å². The van der Waals surface area contributed by atoms with Crippen molar-refractivity contribution in [2.24, 2.45) is 7.05 Å². The number of aryl methyl sites for hydroxylation is 1. The summed E-state index contributed by atoms with van der Waals surface area (Å²) in [4.78, 5) is 26.1. The van der Waals surface area contributed by atoms with Crippen molar-refractivity contribution >= 4 is 23.0 Å². The molecule has 0 fully saturated rings. The van der Waals surface area contributed by atoms with Gasteiger partial charge in [0.25, 0.3) is 0 Å². The molecule has 0 atom stereocenters. The average Bonchev–Trinajstić information content (AvgIpc) is 3.07. The lowest BCUT2D eigenvalue weighted by Crippen LogP contribution is -2.26. The molecule has 106 valence electrons. The molecule has 2 heterocycles. The van der Waals surface area contributed by atoms with Crippen LogP contribution in [-0.4, -0.2) is 33.4 Å². The number of aromatic nitrogens is 2. The molecule has 0 aliphatic rings. The van der Waals surface area contributed by atoms with Crippen LogP contribution in [-0.2, 0) is 18.4 Å². The first-order chi connectivity index (χ1) is 9.56. The van der Waals surface area contributed by atoms with Crippen molar-refractivity contribution in [3.05, 3.63) is 40.3 Å². The summed E-state index contributed by atoms with van der Waals surface area (Å²) < 4.78 is 1.70. The van der Waals surface area contributed by atoms with Gasteiger partial charge in [0.2, 0.25) is 5.91 Å². The first kappa shape index (κ1) is 14.5. The minimum absolute atomic E-state index is 0.0289. The molecule has 0 saturated carbocycles. The van der Waals surface area contributed by atoms with E-state index in [9.17, 15) is 9.59 Å². The van der Waals surface area contributed by atoms with E-state index in [0.29, 0.717) is 11.4 Å². The molecule has 0 saturated heterocycles. The summed E-state index contributed by atoms with van der Waals surface area (Å²) in [5, 5.41) is 5.93. The predicted molar refractivity (Wildman–Crippen MR) is 77.6 cm³/mol. The number of carbonyl (C=O) groups excluding carboxylic acids is 2. The van der Waals surface area contributed by atoms with Gasteiger partial charge in [-0.2, -0.15) is 5.10 Å². The number of thiophene rings is 1. The maximum absolute atomic E-state index is 12.0. The summed E-state index contributed by atoms with van der Waals surface area (Å²) in [6.07, 6.45) is 4.12. The second-order valence-electron chi connectivity index (χ2n) is 4.67. The molecule has 1 amide bonds. The zero-order chi connectivity index (χ0) is 14.5. The largest absolute Gasteiger partial charge is 0.341 e. The molecule has 6 heteroatoms. The Bertz CT molecular complexity index is 589. The van der Waals surface area contributed by atoms with E-state index >= 15 is 0 Å². The standard InChI is InChI=1S/C14H17N3O2S/c1-16(9-11-8-15-17(2)10-11)14(19)6-5-12(18)13-4-3-7-20-13/h3-4,7-8,10H,5-6,9H2,1-2H3. The molecule has 0 N–H and O–H groups in total. The highest BCUT2D eigenvalue weighted by molar-refractivity contribution is 7.12. The van der Waals surface area contributed by atoms with Crippen LogP contribution in [0, 0.1) is 0 Å². The average molecular weight is 291 g/mol. The van der Waals surface area contributed by atoms with Gasteiger partial charge in [0, 0.05) is 45.2 Å². The third kappa shape index (κ3) is 3.77. The van der Waals surface area contributed by atoms with Gasteiger partial charge in [-0.05, 0) is 11.4 Å². The predicted octanol–water partition coefficient (Wildman–Crippen LogP) is 2.10. The third-order valence-electron chi connectivity index (χ3n) is 2.97. The molecule has 5 nitrogen and oxygen atoms in total. The molecule has 0 aliphatic heterocycles. The Morgan fingerprint density at radius 2 is 2.20 bits per heavy atom. The first-order valence-electron chi connectivity index (χ1n) is 6.34. The molecular formula is C14H17N3O2S. The quantitative estimate of drug-likeness (QED) is 0.766. The Labute approximate surface area is 121 Å². The van der Waals surface area contributed by atoms with Gasteiger partial charge in [-0.25, -0.2) is 0 Å². The van der Waals surface area contributed by atoms with E-state index in [1.54, 1.807) is 28.9 Å². The number of carbonyl (C=O) groups is 2. The Balaban J connectivity index is 1.81. The van der Waals surface area contributed by atoms with Crippen LogP contribution in [0.1, 0.15) is 28.1 Å². The fourth-order valence-electron chi connectivity index (χ4n) is 1.89. The lowest BCUT2D eigenvalue weighted by Gasteiger charge is -2.15. The minimum atomic E-state index is -0.0289. The second-order valence-corrected chi connectivity index (χ2v) is 5.62. The molecule has 0 spiro atoms. The lowest BCUT2D eigenvalue weighted by atomic mass is 10.2. The molecule has 0 radical (unpaired) electrons. The van der Waals surface area contributed by atoms with E-state index in [0.717, 1.165) is 5.56 Å². The van der Waals surface area contributed by atoms with Crippen molar-refractivity contribution in [3.8, 4) is 0 Å². The van der Waals surface area contributed by atoms with Crippen molar-refractivity contribution in [1.29, 1.82) is 0 Å². The number of ketones is 1. The van der Waals surface area contributed by atoms with Gasteiger partial charge in [0.1, 0.15) is 0 Å². The Morgan fingerprint density at radius 1 is 1.40 bits per heavy atom. The normalized spacial score (nSPS) is 10.5.